The first-order valence-corrected chi connectivity index (χ1v) is 9.70. The highest BCUT2D eigenvalue weighted by molar-refractivity contribution is 7.99. The van der Waals surface area contributed by atoms with Crippen molar-refractivity contribution in [2.45, 2.75) is 50.7 Å². The van der Waals surface area contributed by atoms with Gasteiger partial charge in [-0.15, -0.1) is 11.8 Å². The molecule has 0 bridgehead atoms. The van der Waals surface area contributed by atoms with Gasteiger partial charge in [-0.25, -0.2) is 0 Å². The number of aryl methyl sites for hydroxylation is 1. The summed E-state index contributed by atoms with van der Waals surface area (Å²) in [5.41, 5.74) is 2.67. The summed E-state index contributed by atoms with van der Waals surface area (Å²) in [5.74, 6) is 1.78. The maximum atomic E-state index is 12.9. The summed E-state index contributed by atoms with van der Waals surface area (Å²) in [7, 11) is 0. The molecule has 0 aromatic heterocycles. The van der Waals surface area contributed by atoms with Crippen LogP contribution in [0.5, 0.6) is 5.75 Å². The minimum Gasteiger partial charge on any atom is -0.487 e. The molecule has 1 amide bonds. The Kier molecular flexibility index (Phi) is 5.09. The van der Waals surface area contributed by atoms with Crippen LogP contribution in [0.1, 0.15) is 54.7 Å². The summed E-state index contributed by atoms with van der Waals surface area (Å²) in [5, 5.41) is 3.24. The van der Waals surface area contributed by atoms with Gasteiger partial charge in [-0.3, -0.25) is 4.79 Å². The van der Waals surface area contributed by atoms with Crippen LogP contribution >= 0.6 is 11.8 Å². The van der Waals surface area contributed by atoms with Gasteiger partial charge in [-0.1, -0.05) is 36.8 Å². The molecule has 2 aromatic carbocycles. The lowest BCUT2D eigenvalue weighted by molar-refractivity contribution is 0.0618. The number of carbonyl (C=O) groups is 1. The van der Waals surface area contributed by atoms with E-state index in [-0.39, 0.29) is 17.6 Å². The number of hydrogen-bond donors (Lipinski definition) is 1. The molecule has 2 aromatic rings. The van der Waals surface area contributed by atoms with Crippen molar-refractivity contribution in [3.8, 4) is 5.75 Å². The zero-order valence-corrected chi connectivity index (χ0v) is 16.1. The number of benzene rings is 2. The van der Waals surface area contributed by atoms with Gasteiger partial charge in [-0.05, 0) is 44.7 Å². The monoisotopic (exact) mass is 355 g/mol. The van der Waals surface area contributed by atoms with Gasteiger partial charge in [0.2, 0.25) is 0 Å². The fraction of sp³-hybridized carbons (Fsp3) is 0.381. The molecule has 0 unspecified atom stereocenters. The topological polar surface area (TPSA) is 38.3 Å². The van der Waals surface area contributed by atoms with Crippen LogP contribution in [0.2, 0.25) is 0 Å². The smallest absolute Gasteiger partial charge is 0.252 e. The van der Waals surface area contributed by atoms with E-state index in [0.29, 0.717) is 0 Å². The molecule has 0 fully saturated rings. The molecule has 1 atom stereocenters. The minimum atomic E-state index is -0.308. The van der Waals surface area contributed by atoms with Gasteiger partial charge in [0.15, 0.2) is 0 Å². The zero-order valence-electron chi connectivity index (χ0n) is 15.3. The van der Waals surface area contributed by atoms with Crippen LogP contribution in [0.3, 0.4) is 0 Å². The molecule has 132 valence electrons. The highest BCUT2D eigenvalue weighted by atomic mass is 32.2. The number of hydrogen-bond acceptors (Lipinski definition) is 3. The largest absolute Gasteiger partial charge is 0.487 e. The van der Waals surface area contributed by atoms with Crippen LogP contribution in [0.4, 0.5) is 0 Å². The van der Waals surface area contributed by atoms with Crippen molar-refractivity contribution >= 4 is 17.7 Å². The van der Waals surface area contributed by atoms with E-state index in [2.05, 4.69) is 39.1 Å². The van der Waals surface area contributed by atoms with Gasteiger partial charge in [0.05, 0.1) is 11.6 Å². The molecule has 0 aliphatic carbocycles. The number of carbonyl (C=O) groups excluding carboxylic acids is 1. The molecule has 0 saturated heterocycles. The Morgan fingerprint density at radius 2 is 2.04 bits per heavy atom. The third kappa shape index (κ3) is 4.01. The van der Waals surface area contributed by atoms with E-state index >= 15 is 0 Å². The number of amides is 1. The normalized spacial score (nSPS) is 18.2. The van der Waals surface area contributed by atoms with Crippen molar-refractivity contribution in [3.05, 3.63) is 59.2 Å². The van der Waals surface area contributed by atoms with Crippen molar-refractivity contribution in [2.24, 2.45) is 0 Å². The van der Waals surface area contributed by atoms with Gasteiger partial charge in [0.1, 0.15) is 11.4 Å². The van der Waals surface area contributed by atoms with Crippen LogP contribution < -0.4 is 10.1 Å². The van der Waals surface area contributed by atoms with E-state index in [9.17, 15) is 4.79 Å². The number of thioether (sulfide) groups is 1. The first-order valence-electron chi connectivity index (χ1n) is 8.72. The first-order chi connectivity index (χ1) is 11.9. The highest BCUT2D eigenvalue weighted by Gasteiger charge is 2.34. The Balaban J connectivity index is 1.90. The standard InChI is InChI=1S/C21H25NO2S/c1-5-25-19-9-7-6-8-15(19)20(23)22-17-13-21(3,4)24-18-11-10-14(2)12-16(17)18/h6-12,17H,5,13H2,1-4H3,(H,22,23)/t17-/m1/s1. The lowest BCUT2D eigenvalue weighted by atomic mass is 9.88. The van der Waals surface area contributed by atoms with Crippen molar-refractivity contribution in [1.29, 1.82) is 0 Å². The Morgan fingerprint density at radius 1 is 1.28 bits per heavy atom. The van der Waals surface area contributed by atoms with Crippen LogP contribution in [-0.2, 0) is 0 Å². The Hall–Kier alpha value is -1.94. The van der Waals surface area contributed by atoms with Crippen LogP contribution in [0, 0.1) is 6.92 Å². The molecule has 1 aliphatic rings. The molecule has 1 aliphatic heterocycles. The second-order valence-corrected chi connectivity index (χ2v) is 8.37. The molecule has 1 N–H and O–H groups in total. The molecule has 0 radical (unpaired) electrons. The average Bonchev–Trinajstić information content (AvgIpc) is 2.55. The molecule has 3 rings (SSSR count). The van der Waals surface area contributed by atoms with Gasteiger partial charge in [0.25, 0.3) is 5.91 Å². The van der Waals surface area contributed by atoms with Gasteiger partial charge >= 0.3 is 0 Å². The zero-order chi connectivity index (χ0) is 18.0. The Labute approximate surface area is 154 Å². The predicted molar refractivity (Wildman–Crippen MR) is 104 cm³/mol. The maximum Gasteiger partial charge on any atom is 0.252 e. The number of nitrogens with one attached hydrogen (secondary N) is 1. The predicted octanol–water partition coefficient (Wildman–Crippen LogP) is 5.14. The highest BCUT2D eigenvalue weighted by Crippen LogP contribution is 2.40. The van der Waals surface area contributed by atoms with Crippen molar-refractivity contribution < 1.29 is 9.53 Å². The molecular formula is C21H25NO2S. The van der Waals surface area contributed by atoms with Crippen LogP contribution in [0.25, 0.3) is 0 Å². The molecule has 0 spiro atoms. The third-order valence-corrected chi connectivity index (χ3v) is 5.32. The summed E-state index contributed by atoms with van der Waals surface area (Å²) in [4.78, 5) is 14.0. The maximum absolute atomic E-state index is 12.9. The average molecular weight is 356 g/mol. The number of ether oxygens (including phenoxy) is 1. The fourth-order valence-electron chi connectivity index (χ4n) is 3.27. The quantitative estimate of drug-likeness (QED) is 0.772. The molecule has 4 heteroatoms. The van der Waals surface area contributed by atoms with Crippen LogP contribution in [-0.4, -0.2) is 17.3 Å². The SMILES string of the molecule is CCSc1ccccc1C(=O)N[C@@H]1CC(C)(C)Oc2ccc(C)cc21. The van der Waals surface area contributed by atoms with E-state index in [0.717, 1.165) is 33.9 Å². The molecule has 25 heavy (non-hydrogen) atoms. The third-order valence-electron chi connectivity index (χ3n) is 4.36. The molecule has 0 saturated carbocycles. The Bertz CT molecular complexity index is 785. The molecular weight excluding hydrogens is 330 g/mol. The van der Waals surface area contributed by atoms with E-state index in [1.165, 1.54) is 5.56 Å². The summed E-state index contributed by atoms with van der Waals surface area (Å²) in [6.07, 6.45) is 0.748. The number of rotatable bonds is 4. The van der Waals surface area contributed by atoms with E-state index < -0.39 is 0 Å². The second kappa shape index (κ2) is 7.12. The van der Waals surface area contributed by atoms with Gasteiger partial charge < -0.3 is 10.1 Å². The van der Waals surface area contributed by atoms with E-state index in [4.69, 9.17) is 4.74 Å². The summed E-state index contributed by atoms with van der Waals surface area (Å²) < 4.78 is 6.10. The lowest BCUT2D eigenvalue weighted by Gasteiger charge is -2.38. The summed E-state index contributed by atoms with van der Waals surface area (Å²) in [6.45, 7) is 8.29. The first kappa shape index (κ1) is 17.9. The molecule has 1 heterocycles. The lowest BCUT2D eigenvalue weighted by Crippen LogP contribution is -2.41. The van der Waals surface area contributed by atoms with Gasteiger partial charge in [0, 0.05) is 16.9 Å². The van der Waals surface area contributed by atoms with E-state index in [1.54, 1.807) is 11.8 Å². The van der Waals surface area contributed by atoms with Crippen molar-refractivity contribution in [3.63, 3.8) is 0 Å². The Morgan fingerprint density at radius 3 is 2.80 bits per heavy atom. The summed E-state index contributed by atoms with van der Waals surface area (Å²) >= 11 is 1.69. The second-order valence-electron chi connectivity index (χ2n) is 7.06. The van der Waals surface area contributed by atoms with E-state index in [1.807, 2.05) is 36.4 Å². The number of fused-ring (bicyclic) bond motifs is 1. The van der Waals surface area contributed by atoms with Crippen molar-refractivity contribution in [2.75, 3.05) is 5.75 Å². The van der Waals surface area contributed by atoms with Crippen molar-refractivity contribution in [1.82, 2.24) is 5.32 Å². The van der Waals surface area contributed by atoms with Crippen LogP contribution in [0.15, 0.2) is 47.4 Å². The summed E-state index contributed by atoms with van der Waals surface area (Å²) in [6, 6.07) is 13.9. The fourth-order valence-corrected chi connectivity index (χ4v) is 4.08. The van der Waals surface area contributed by atoms with Gasteiger partial charge in [-0.2, -0.15) is 0 Å². The minimum absolute atomic E-state index is 0.0216. The molecule has 3 nitrogen and oxygen atoms in total.